The molecule has 0 atom stereocenters. The van der Waals surface area contributed by atoms with Gasteiger partial charge in [-0.3, -0.25) is 14.6 Å². The number of methoxy groups -OCH3 is 1. The monoisotopic (exact) mass is 495 g/mol. The normalized spacial score (nSPS) is 18.8. The van der Waals surface area contributed by atoms with Crippen molar-refractivity contribution in [3.8, 4) is 28.0 Å². The smallest absolute Gasteiger partial charge is 0.236 e. The van der Waals surface area contributed by atoms with Crippen LogP contribution < -0.4 is 4.74 Å². The molecule has 5 nitrogen and oxygen atoms in total. The molecule has 2 fully saturated rings. The lowest BCUT2D eigenvalue weighted by Crippen LogP contribution is -2.55. The molecule has 0 aromatic heterocycles. The lowest BCUT2D eigenvalue weighted by Gasteiger charge is -2.43. The zero-order valence-corrected chi connectivity index (χ0v) is 21.9. The predicted molar refractivity (Wildman–Crippen MR) is 149 cm³/mol. The fourth-order valence-electron chi connectivity index (χ4n) is 5.94. The molecule has 6 rings (SSSR count). The van der Waals surface area contributed by atoms with E-state index in [0.717, 1.165) is 57.5 Å². The number of piperazine rings is 1. The molecular weight excluding hydrogens is 458 g/mol. The minimum absolute atomic E-state index is 0.297. The van der Waals surface area contributed by atoms with Crippen LogP contribution in [0.3, 0.4) is 0 Å². The molecule has 3 aromatic carbocycles. The second kappa shape index (κ2) is 10.7. The maximum absolute atomic E-state index is 13.0. The van der Waals surface area contributed by atoms with E-state index in [1.807, 2.05) is 12.1 Å². The van der Waals surface area contributed by atoms with Gasteiger partial charge < -0.3 is 9.64 Å². The summed E-state index contributed by atoms with van der Waals surface area (Å²) in [6.45, 7) is 6.21. The van der Waals surface area contributed by atoms with Crippen molar-refractivity contribution in [3.05, 3.63) is 77.9 Å². The van der Waals surface area contributed by atoms with Crippen LogP contribution in [0.25, 0.3) is 22.3 Å². The third-order valence-corrected chi connectivity index (χ3v) is 8.56. The Hall–Kier alpha value is -3.15. The highest BCUT2D eigenvalue weighted by Crippen LogP contribution is 2.30. The van der Waals surface area contributed by atoms with Gasteiger partial charge in [-0.15, -0.1) is 0 Å². The summed E-state index contributed by atoms with van der Waals surface area (Å²) in [5, 5.41) is 0. The quantitative estimate of drug-likeness (QED) is 0.478. The molecule has 1 amide bonds. The number of nitrogens with zero attached hydrogens (tertiary/aromatic N) is 3. The van der Waals surface area contributed by atoms with E-state index in [1.165, 1.54) is 52.6 Å². The molecule has 0 N–H and O–H groups in total. The van der Waals surface area contributed by atoms with Crippen molar-refractivity contribution in [2.24, 2.45) is 0 Å². The fraction of sp³-hybridized carbons (Fsp3) is 0.406. The van der Waals surface area contributed by atoms with E-state index in [9.17, 15) is 4.79 Å². The molecular formula is C32H37N3O2. The number of carbonyl (C=O) groups is 1. The number of hydrogen-bond donors (Lipinski definition) is 0. The number of amides is 1. The van der Waals surface area contributed by atoms with Crippen molar-refractivity contribution in [1.29, 1.82) is 0 Å². The molecule has 1 saturated carbocycles. The zero-order chi connectivity index (χ0) is 25.2. The number of fused-ring (bicyclic) bond motifs is 1. The molecule has 2 aliphatic heterocycles. The minimum atomic E-state index is 0.297. The first-order valence-corrected chi connectivity index (χ1v) is 13.8. The third kappa shape index (κ3) is 5.29. The summed E-state index contributed by atoms with van der Waals surface area (Å²) in [6.07, 6.45) is 5.06. The Kier molecular flexibility index (Phi) is 6.99. The van der Waals surface area contributed by atoms with Gasteiger partial charge in [0.25, 0.3) is 0 Å². The van der Waals surface area contributed by atoms with Gasteiger partial charge in [0.15, 0.2) is 0 Å². The Morgan fingerprint density at radius 2 is 1.41 bits per heavy atom. The van der Waals surface area contributed by atoms with Gasteiger partial charge in [-0.05, 0) is 64.8 Å². The summed E-state index contributed by atoms with van der Waals surface area (Å²) in [7, 11) is 1.69. The number of rotatable bonds is 6. The van der Waals surface area contributed by atoms with Crippen LogP contribution in [-0.2, 0) is 17.8 Å². The van der Waals surface area contributed by atoms with E-state index in [2.05, 4.69) is 69.3 Å². The van der Waals surface area contributed by atoms with Gasteiger partial charge in [-0.1, -0.05) is 61.0 Å². The first-order chi connectivity index (χ1) is 18.2. The highest BCUT2D eigenvalue weighted by Gasteiger charge is 2.30. The van der Waals surface area contributed by atoms with Crippen LogP contribution in [-0.4, -0.2) is 73.0 Å². The zero-order valence-electron chi connectivity index (χ0n) is 21.9. The molecule has 0 spiro atoms. The summed E-state index contributed by atoms with van der Waals surface area (Å²) in [6, 6.07) is 24.6. The number of benzene rings is 3. The number of ether oxygens (including phenoxy) is 1. The second-order valence-electron chi connectivity index (χ2n) is 10.8. The van der Waals surface area contributed by atoms with Crippen molar-refractivity contribution in [1.82, 2.24) is 14.7 Å². The van der Waals surface area contributed by atoms with E-state index in [4.69, 9.17) is 4.74 Å². The Morgan fingerprint density at radius 3 is 2.03 bits per heavy atom. The molecule has 0 radical (unpaired) electrons. The van der Waals surface area contributed by atoms with Gasteiger partial charge in [0.1, 0.15) is 5.75 Å². The Morgan fingerprint density at radius 1 is 0.784 bits per heavy atom. The molecule has 5 heteroatoms. The summed E-state index contributed by atoms with van der Waals surface area (Å²) in [5.74, 6) is 1.17. The van der Waals surface area contributed by atoms with Crippen LogP contribution in [0.1, 0.15) is 30.4 Å². The number of carbonyl (C=O) groups excluding carboxylic acids is 1. The van der Waals surface area contributed by atoms with E-state index in [0.29, 0.717) is 12.5 Å². The van der Waals surface area contributed by atoms with Gasteiger partial charge >= 0.3 is 0 Å². The summed E-state index contributed by atoms with van der Waals surface area (Å²) in [4.78, 5) is 20.0. The topological polar surface area (TPSA) is 36.0 Å². The Balaban J connectivity index is 1.05. The molecule has 1 aliphatic carbocycles. The van der Waals surface area contributed by atoms with Gasteiger partial charge in [-0.25, -0.2) is 0 Å². The van der Waals surface area contributed by atoms with E-state index in [-0.39, 0.29) is 0 Å². The van der Waals surface area contributed by atoms with Crippen LogP contribution in [0.4, 0.5) is 0 Å². The molecule has 1 saturated heterocycles. The average molecular weight is 496 g/mol. The molecule has 37 heavy (non-hydrogen) atoms. The first kappa shape index (κ1) is 24.2. The van der Waals surface area contributed by atoms with Crippen molar-refractivity contribution in [2.75, 3.05) is 46.4 Å². The summed E-state index contributed by atoms with van der Waals surface area (Å²) >= 11 is 0. The minimum Gasteiger partial charge on any atom is -0.497 e. The van der Waals surface area contributed by atoms with E-state index >= 15 is 0 Å². The maximum Gasteiger partial charge on any atom is 0.236 e. The van der Waals surface area contributed by atoms with E-state index in [1.54, 1.807) is 7.11 Å². The van der Waals surface area contributed by atoms with Crippen molar-refractivity contribution in [2.45, 2.75) is 38.3 Å². The largest absolute Gasteiger partial charge is 0.497 e. The molecule has 192 valence electrons. The maximum atomic E-state index is 13.0. The van der Waals surface area contributed by atoms with Crippen LogP contribution >= 0.6 is 0 Å². The van der Waals surface area contributed by atoms with Crippen LogP contribution in [0.15, 0.2) is 66.7 Å². The van der Waals surface area contributed by atoms with Gasteiger partial charge in [-0.2, -0.15) is 0 Å². The molecule has 2 heterocycles. The highest BCUT2D eigenvalue weighted by atomic mass is 16.5. The molecule has 3 aromatic rings. The summed E-state index contributed by atoms with van der Waals surface area (Å²) in [5.41, 5.74) is 7.65. The Labute approximate surface area is 220 Å². The molecule has 0 unspecified atom stereocenters. The molecule has 3 aliphatic rings. The SMILES string of the molecule is COc1ccc(-c2ccc(-c3ccc4c(c3)CCN(CC(=O)N3CCN(C5CCC5)CC3)C4)cc2)cc1. The van der Waals surface area contributed by atoms with Gasteiger partial charge in [0.05, 0.1) is 13.7 Å². The number of hydrogen-bond acceptors (Lipinski definition) is 4. The standard InChI is InChI=1S/C32H37N3O2/c1-37-31-13-11-25(12-14-31)24-5-7-26(8-6-24)27-9-10-29-22-33(16-15-28(29)21-27)23-32(36)35-19-17-34(18-20-35)30-3-2-4-30/h5-14,21,30H,2-4,15-20,22-23H2,1H3. The van der Waals surface area contributed by atoms with Crippen LogP contribution in [0.2, 0.25) is 0 Å². The van der Waals surface area contributed by atoms with Gasteiger partial charge in [0.2, 0.25) is 5.91 Å². The highest BCUT2D eigenvalue weighted by molar-refractivity contribution is 5.78. The van der Waals surface area contributed by atoms with E-state index < -0.39 is 0 Å². The second-order valence-corrected chi connectivity index (χ2v) is 10.8. The van der Waals surface area contributed by atoms with Crippen LogP contribution in [0.5, 0.6) is 5.75 Å². The molecule has 0 bridgehead atoms. The van der Waals surface area contributed by atoms with Crippen LogP contribution in [0, 0.1) is 0 Å². The van der Waals surface area contributed by atoms with Crippen molar-refractivity contribution >= 4 is 5.91 Å². The first-order valence-electron chi connectivity index (χ1n) is 13.8. The van der Waals surface area contributed by atoms with Crippen molar-refractivity contribution in [3.63, 3.8) is 0 Å². The van der Waals surface area contributed by atoms with Crippen molar-refractivity contribution < 1.29 is 9.53 Å². The third-order valence-electron chi connectivity index (χ3n) is 8.56. The lowest BCUT2D eigenvalue weighted by molar-refractivity contribution is -0.135. The Bertz CT molecular complexity index is 1230. The average Bonchev–Trinajstić information content (AvgIpc) is 2.92. The van der Waals surface area contributed by atoms with Gasteiger partial charge in [0, 0.05) is 45.3 Å². The lowest BCUT2D eigenvalue weighted by atomic mass is 9.91. The fourth-order valence-corrected chi connectivity index (χ4v) is 5.94. The summed E-state index contributed by atoms with van der Waals surface area (Å²) < 4.78 is 5.27. The predicted octanol–water partition coefficient (Wildman–Crippen LogP) is 5.08.